The van der Waals surface area contributed by atoms with Crippen molar-refractivity contribution in [3.8, 4) is 5.75 Å². The number of amides is 1. The van der Waals surface area contributed by atoms with E-state index in [1.54, 1.807) is 25.3 Å². The van der Waals surface area contributed by atoms with Gasteiger partial charge in [0, 0.05) is 36.8 Å². The molecule has 0 spiro atoms. The predicted octanol–water partition coefficient (Wildman–Crippen LogP) is 3.51. The summed E-state index contributed by atoms with van der Waals surface area (Å²) in [4.78, 5) is 36.0. The number of nitrogens with one attached hydrogen (secondary N) is 1. The van der Waals surface area contributed by atoms with Crippen molar-refractivity contribution in [2.45, 2.75) is 45.7 Å². The van der Waals surface area contributed by atoms with Crippen LogP contribution in [0.4, 0.5) is 11.6 Å². The minimum absolute atomic E-state index is 0.0249. The first-order valence-corrected chi connectivity index (χ1v) is 10.5. The van der Waals surface area contributed by atoms with E-state index in [0.717, 1.165) is 29.8 Å². The monoisotopic (exact) mass is 424 g/mol. The van der Waals surface area contributed by atoms with Gasteiger partial charge >= 0.3 is 5.97 Å². The van der Waals surface area contributed by atoms with E-state index >= 15 is 0 Å². The molecule has 164 valence electrons. The number of rotatable bonds is 5. The van der Waals surface area contributed by atoms with Crippen molar-refractivity contribution in [1.82, 2.24) is 9.97 Å². The standard InChI is InChI=1S/C23H28N4O4/c1-12-8-9-24-23(25-12)26-20-13(2)21(15-6-7-15)27(14(3)28)18-11-19(30-4)17(10-16(18)20)22(29)31-5/h8-11,13,15,20-21H,6-7H2,1-5H3,(H,24,25,26)/t13-,20-,21-/m1/s1. The second kappa shape index (κ2) is 8.17. The number of esters is 1. The third-order valence-corrected chi connectivity index (χ3v) is 6.23. The van der Waals surface area contributed by atoms with Crippen LogP contribution in [-0.2, 0) is 9.53 Å². The zero-order chi connectivity index (χ0) is 22.3. The molecule has 1 aromatic heterocycles. The van der Waals surface area contributed by atoms with Crippen LogP contribution in [0.3, 0.4) is 0 Å². The Bertz CT molecular complexity index is 1020. The first kappa shape index (κ1) is 21.1. The Labute approximate surface area is 182 Å². The Morgan fingerprint density at radius 1 is 1.23 bits per heavy atom. The SMILES string of the molecule is COC(=O)c1cc2c(cc1OC)N(C(C)=O)[C@@H](C1CC1)[C@H](C)[C@H]2Nc1nccc(C)n1. The van der Waals surface area contributed by atoms with E-state index in [2.05, 4.69) is 22.2 Å². The van der Waals surface area contributed by atoms with Gasteiger partial charge in [-0.1, -0.05) is 6.92 Å². The molecule has 1 fully saturated rings. The highest BCUT2D eigenvalue weighted by molar-refractivity contribution is 5.98. The fourth-order valence-corrected chi connectivity index (χ4v) is 4.68. The number of aromatic nitrogens is 2. The predicted molar refractivity (Wildman–Crippen MR) is 116 cm³/mol. The zero-order valence-electron chi connectivity index (χ0n) is 18.5. The normalized spacial score (nSPS) is 22.5. The van der Waals surface area contributed by atoms with Crippen LogP contribution in [0.2, 0.25) is 0 Å². The molecular formula is C23H28N4O4. The van der Waals surface area contributed by atoms with Crippen molar-refractivity contribution in [3.05, 3.63) is 41.2 Å². The maximum atomic E-state index is 12.8. The minimum Gasteiger partial charge on any atom is -0.496 e. The summed E-state index contributed by atoms with van der Waals surface area (Å²) < 4.78 is 10.5. The van der Waals surface area contributed by atoms with Gasteiger partial charge in [0.25, 0.3) is 0 Å². The van der Waals surface area contributed by atoms with Crippen molar-refractivity contribution in [2.24, 2.45) is 11.8 Å². The van der Waals surface area contributed by atoms with Crippen LogP contribution >= 0.6 is 0 Å². The largest absolute Gasteiger partial charge is 0.496 e. The Kier molecular flexibility index (Phi) is 5.56. The summed E-state index contributed by atoms with van der Waals surface area (Å²) in [6.45, 7) is 5.64. The maximum absolute atomic E-state index is 12.8. The lowest BCUT2D eigenvalue weighted by molar-refractivity contribution is -0.117. The third-order valence-electron chi connectivity index (χ3n) is 6.23. The average molecular weight is 425 g/mol. The lowest BCUT2D eigenvalue weighted by Crippen LogP contribution is -2.51. The van der Waals surface area contributed by atoms with E-state index in [1.165, 1.54) is 14.2 Å². The number of nitrogens with zero attached hydrogens (tertiary/aromatic N) is 3. The number of aryl methyl sites for hydroxylation is 1. The number of carbonyl (C=O) groups is 2. The van der Waals surface area contributed by atoms with Crippen LogP contribution in [0.1, 0.15) is 54.3 Å². The molecule has 0 radical (unpaired) electrons. The van der Waals surface area contributed by atoms with Crippen LogP contribution in [0, 0.1) is 18.8 Å². The van der Waals surface area contributed by atoms with Gasteiger partial charge in [-0.3, -0.25) is 4.79 Å². The number of methoxy groups -OCH3 is 2. The topological polar surface area (TPSA) is 93.7 Å². The van der Waals surface area contributed by atoms with Crippen LogP contribution in [0.5, 0.6) is 5.75 Å². The molecule has 1 saturated carbocycles. The summed E-state index contributed by atoms with van der Waals surface area (Å²) in [5, 5.41) is 3.47. The van der Waals surface area contributed by atoms with Gasteiger partial charge in [-0.2, -0.15) is 0 Å². The smallest absolute Gasteiger partial charge is 0.341 e. The summed E-state index contributed by atoms with van der Waals surface area (Å²) in [5.41, 5.74) is 2.75. The lowest BCUT2D eigenvalue weighted by Gasteiger charge is -2.46. The summed E-state index contributed by atoms with van der Waals surface area (Å²) in [7, 11) is 2.84. The van der Waals surface area contributed by atoms with Crippen molar-refractivity contribution >= 4 is 23.5 Å². The van der Waals surface area contributed by atoms with Crippen molar-refractivity contribution in [2.75, 3.05) is 24.4 Å². The van der Waals surface area contributed by atoms with Crippen molar-refractivity contribution in [1.29, 1.82) is 0 Å². The minimum atomic E-state index is -0.489. The van der Waals surface area contributed by atoms with E-state index < -0.39 is 5.97 Å². The van der Waals surface area contributed by atoms with E-state index in [-0.39, 0.29) is 23.9 Å². The zero-order valence-corrected chi connectivity index (χ0v) is 18.5. The van der Waals surface area contributed by atoms with Gasteiger partial charge in [-0.05, 0) is 43.4 Å². The maximum Gasteiger partial charge on any atom is 0.341 e. The second-order valence-corrected chi connectivity index (χ2v) is 8.32. The van der Waals surface area contributed by atoms with Gasteiger partial charge in [0.2, 0.25) is 11.9 Å². The quantitative estimate of drug-likeness (QED) is 0.734. The summed E-state index contributed by atoms with van der Waals surface area (Å²) >= 11 is 0. The number of hydrogen-bond donors (Lipinski definition) is 1. The molecule has 0 saturated heterocycles. The molecule has 1 aliphatic carbocycles. The van der Waals surface area contributed by atoms with Gasteiger partial charge in [0.15, 0.2) is 0 Å². The van der Waals surface area contributed by atoms with Gasteiger partial charge in [0.05, 0.1) is 25.9 Å². The van der Waals surface area contributed by atoms with Gasteiger partial charge in [-0.25, -0.2) is 14.8 Å². The molecule has 2 heterocycles. The Morgan fingerprint density at radius 3 is 2.55 bits per heavy atom. The van der Waals surface area contributed by atoms with Gasteiger partial charge in [0.1, 0.15) is 11.3 Å². The number of anilines is 2. The Balaban J connectivity index is 1.89. The van der Waals surface area contributed by atoms with E-state index in [1.807, 2.05) is 17.9 Å². The van der Waals surface area contributed by atoms with Gasteiger partial charge in [-0.15, -0.1) is 0 Å². The highest BCUT2D eigenvalue weighted by Gasteiger charge is 2.48. The number of carbonyl (C=O) groups excluding carboxylic acids is 2. The molecule has 4 rings (SSSR count). The van der Waals surface area contributed by atoms with E-state index in [0.29, 0.717) is 23.2 Å². The summed E-state index contributed by atoms with van der Waals surface area (Å²) in [5.74, 6) is 0.906. The molecule has 3 atom stereocenters. The van der Waals surface area contributed by atoms with Crippen molar-refractivity contribution in [3.63, 3.8) is 0 Å². The van der Waals surface area contributed by atoms with Gasteiger partial charge < -0.3 is 19.7 Å². The second-order valence-electron chi connectivity index (χ2n) is 8.32. The molecule has 0 unspecified atom stereocenters. The lowest BCUT2D eigenvalue weighted by atomic mass is 9.79. The Morgan fingerprint density at radius 2 is 1.97 bits per heavy atom. The summed E-state index contributed by atoms with van der Waals surface area (Å²) in [6, 6.07) is 5.24. The highest BCUT2D eigenvalue weighted by atomic mass is 16.5. The molecule has 8 nitrogen and oxygen atoms in total. The molecule has 2 aromatic rings. The molecule has 31 heavy (non-hydrogen) atoms. The van der Waals surface area contributed by atoms with E-state index in [9.17, 15) is 9.59 Å². The molecule has 1 N–H and O–H groups in total. The fourth-order valence-electron chi connectivity index (χ4n) is 4.68. The van der Waals surface area contributed by atoms with E-state index in [4.69, 9.17) is 9.47 Å². The molecule has 1 aromatic carbocycles. The molecule has 2 aliphatic rings. The van der Waals surface area contributed by atoms with Crippen LogP contribution < -0.4 is 15.0 Å². The fraction of sp³-hybridized carbons (Fsp3) is 0.478. The molecule has 8 heteroatoms. The first-order chi connectivity index (χ1) is 14.8. The molecule has 1 aliphatic heterocycles. The molecule has 1 amide bonds. The number of benzene rings is 1. The highest BCUT2D eigenvalue weighted by Crippen LogP contribution is 2.51. The third kappa shape index (κ3) is 3.82. The molecule has 0 bridgehead atoms. The summed E-state index contributed by atoms with van der Waals surface area (Å²) in [6.07, 6.45) is 3.91. The number of hydrogen-bond acceptors (Lipinski definition) is 7. The van der Waals surface area contributed by atoms with Crippen LogP contribution in [0.15, 0.2) is 24.4 Å². The first-order valence-electron chi connectivity index (χ1n) is 10.5. The van der Waals surface area contributed by atoms with Crippen LogP contribution in [0.25, 0.3) is 0 Å². The Hall–Kier alpha value is -3.16. The van der Waals surface area contributed by atoms with Crippen molar-refractivity contribution < 1.29 is 19.1 Å². The van der Waals surface area contributed by atoms with Crippen LogP contribution in [-0.4, -0.2) is 42.1 Å². The molecular weight excluding hydrogens is 396 g/mol. The number of ether oxygens (including phenoxy) is 2. The average Bonchev–Trinajstić information content (AvgIpc) is 3.58. The number of fused-ring (bicyclic) bond motifs is 1.